The highest BCUT2D eigenvalue weighted by molar-refractivity contribution is 5.94. The van der Waals surface area contributed by atoms with E-state index in [1.54, 1.807) is 28.9 Å². The van der Waals surface area contributed by atoms with Crippen LogP contribution in [0, 0.1) is 19.8 Å². The maximum Gasteiger partial charge on any atom is 0.228 e. The number of aryl methyl sites for hydroxylation is 2. The molecule has 25 heavy (non-hydrogen) atoms. The van der Waals surface area contributed by atoms with Crippen molar-refractivity contribution in [2.75, 3.05) is 10.6 Å². The molecule has 0 radical (unpaired) electrons. The van der Waals surface area contributed by atoms with E-state index in [-0.39, 0.29) is 11.8 Å². The lowest BCUT2D eigenvalue weighted by molar-refractivity contribution is -0.117. The fourth-order valence-electron chi connectivity index (χ4n) is 2.66. The standard InChI is InChI=1S/C19H26N4O2/c1-12(2)10-18(24)20-15-6-8-16(9-7-15)21-19(25)11-17-13(3)22-23(5)14(17)4/h6-9,12H,10-11H2,1-5H3,(H,20,24)(H,21,25). The molecular formula is C19H26N4O2. The minimum absolute atomic E-state index is 0.00527. The zero-order chi connectivity index (χ0) is 18.6. The Hall–Kier alpha value is -2.63. The van der Waals surface area contributed by atoms with E-state index < -0.39 is 0 Å². The largest absolute Gasteiger partial charge is 0.326 e. The van der Waals surface area contributed by atoms with Crippen molar-refractivity contribution in [2.45, 2.75) is 40.5 Å². The van der Waals surface area contributed by atoms with Crippen LogP contribution in [-0.2, 0) is 23.1 Å². The summed E-state index contributed by atoms with van der Waals surface area (Å²) < 4.78 is 1.78. The summed E-state index contributed by atoms with van der Waals surface area (Å²) in [6, 6.07) is 7.14. The molecule has 0 atom stereocenters. The lowest BCUT2D eigenvalue weighted by atomic mass is 10.1. The summed E-state index contributed by atoms with van der Waals surface area (Å²) in [6.07, 6.45) is 0.778. The third kappa shape index (κ3) is 5.17. The number of anilines is 2. The topological polar surface area (TPSA) is 76.0 Å². The molecule has 2 N–H and O–H groups in total. The molecule has 6 heteroatoms. The average molecular weight is 342 g/mol. The molecule has 2 rings (SSSR count). The number of hydrogen-bond acceptors (Lipinski definition) is 3. The maximum absolute atomic E-state index is 12.3. The molecule has 0 saturated heterocycles. The van der Waals surface area contributed by atoms with Crippen LogP contribution < -0.4 is 10.6 Å². The Morgan fingerprint density at radius 1 is 1.04 bits per heavy atom. The summed E-state index contributed by atoms with van der Waals surface area (Å²) in [7, 11) is 1.87. The second-order valence-electron chi connectivity index (χ2n) is 6.72. The normalized spacial score (nSPS) is 10.8. The zero-order valence-electron chi connectivity index (χ0n) is 15.5. The Labute approximate surface area is 148 Å². The maximum atomic E-state index is 12.3. The lowest BCUT2D eigenvalue weighted by Crippen LogP contribution is -2.16. The minimum atomic E-state index is -0.0872. The lowest BCUT2D eigenvalue weighted by Gasteiger charge is -2.09. The number of nitrogens with zero attached hydrogens (tertiary/aromatic N) is 2. The van der Waals surface area contributed by atoms with Crippen LogP contribution in [0.1, 0.15) is 37.2 Å². The van der Waals surface area contributed by atoms with Crippen LogP contribution in [0.25, 0.3) is 0 Å². The molecule has 0 aliphatic carbocycles. The summed E-state index contributed by atoms with van der Waals surface area (Å²) in [5.41, 5.74) is 4.25. The van der Waals surface area contributed by atoms with Crippen LogP contribution in [0.15, 0.2) is 24.3 Å². The SMILES string of the molecule is Cc1nn(C)c(C)c1CC(=O)Nc1ccc(NC(=O)CC(C)C)cc1. The second kappa shape index (κ2) is 7.96. The molecule has 0 bridgehead atoms. The van der Waals surface area contributed by atoms with Crippen LogP contribution in [0.3, 0.4) is 0 Å². The Balaban J connectivity index is 1.94. The fourth-order valence-corrected chi connectivity index (χ4v) is 2.66. The van der Waals surface area contributed by atoms with E-state index in [0.29, 0.717) is 24.4 Å². The van der Waals surface area contributed by atoms with Gasteiger partial charge in [-0.05, 0) is 44.0 Å². The highest BCUT2D eigenvalue weighted by atomic mass is 16.2. The van der Waals surface area contributed by atoms with E-state index in [4.69, 9.17) is 0 Å². The molecule has 0 saturated carbocycles. The van der Waals surface area contributed by atoms with Crippen molar-refractivity contribution in [2.24, 2.45) is 13.0 Å². The number of rotatable bonds is 6. The van der Waals surface area contributed by atoms with Gasteiger partial charge in [-0.1, -0.05) is 13.8 Å². The van der Waals surface area contributed by atoms with E-state index in [1.807, 2.05) is 34.7 Å². The summed E-state index contributed by atoms with van der Waals surface area (Å²) in [5, 5.41) is 10.1. The van der Waals surface area contributed by atoms with Crippen molar-refractivity contribution in [3.63, 3.8) is 0 Å². The molecule has 134 valence electrons. The molecule has 1 aromatic carbocycles. The summed E-state index contributed by atoms with van der Waals surface area (Å²) in [6.45, 7) is 7.87. The molecule has 0 aliphatic heterocycles. The second-order valence-corrected chi connectivity index (χ2v) is 6.72. The van der Waals surface area contributed by atoms with Crippen molar-refractivity contribution in [3.05, 3.63) is 41.2 Å². The van der Waals surface area contributed by atoms with Crippen LogP contribution >= 0.6 is 0 Å². The van der Waals surface area contributed by atoms with Gasteiger partial charge in [0.1, 0.15) is 0 Å². The highest BCUT2D eigenvalue weighted by Crippen LogP contribution is 2.17. The molecule has 1 aromatic heterocycles. The first-order chi connectivity index (χ1) is 11.8. The van der Waals surface area contributed by atoms with Crippen LogP contribution in [0.5, 0.6) is 0 Å². The molecule has 1 heterocycles. The highest BCUT2D eigenvalue weighted by Gasteiger charge is 2.13. The first-order valence-electron chi connectivity index (χ1n) is 8.45. The Kier molecular flexibility index (Phi) is 5.96. The molecule has 2 amide bonds. The van der Waals surface area contributed by atoms with Gasteiger partial charge in [0, 0.05) is 36.1 Å². The quantitative estimate of drug-likeness (QED) is 0.846. The zero-order valence-corrected chi connectivity index (χ0v) is 15.5. The van der Waals surface area contributed by atoms with Gasteiger partial charge in [-0.25, -0.2) is 0 Å². The predicted molar refractivity (Wildman–Crippen MR) is 99.5 cm³/mol. The Morgan fingerprint density at radius 2 is 1.56 bits per heavy atom. The number of hydrogen-bond donors (Lipinski definition) is 2. The van der Waals surface area contributed by atoms with Crippen LogP contribution in [0.4, 0.5) is 11.4 Å². The van der Waals surface area contributed by atoms with Gasteiger partial charge in [-0.3, -0.25) is 14.3 Å². The predicted octanol–water partition coefficient (Wildman–Crippen LogP) is 3.20. The monoisotopic (exact) mass is 342 g/mol. The summed E-state index contributed by atoms with van der Waals surface area (Å²) in [4.78, 5) is 24.0. The molecule has 0 unspecified atom stereocenters. The first kappa shape index (κ1) is 18.7. The molecule has 0 spiro atoms. The number of carbonyl (C=O) groups excluding carboxylic acids is 2. The van der Waals surface area contributed by atoms with Gasteiger partial charge in [-0.2, -0.15) is 5.10 Å². The number of nitrogens with one attached hydrogen (secondary N) is 2. The Bertz CT molecular complexity index is 760. The molecule has 6 nitrogen and oxygen atoms in total. The van der Waals surface area contributed by atoms with E-state index in [0.717, 1.165) is 22.6 Å². The van der Waals surface area contributed by atoms with Crippen LogP contribution in [-0.4, -0.2) is 21.6 Å². The molecule has 2 aromatic rings. The van der Waals surface area contributed by atoms with Crippen LogP contribution in [0.2, 0.25) is 0 Å². The first-order valence-corrected chi connectivity index (χ1v) is 8.45. The van der Waals surface area contributed by atoms with Gasteiger partial charge in [0.2, 0.25) is 11.8 Å². The van der Waals surface area contributed by atoms with Gasteiger partial charge >= 0.3 is 0 Å². The van der Waals surface area contributed by atoms with E-state index in [1.165, 1.54) is 0 Å². The number of carbonyl (C=O) groups is 2. The van der Waals surface area contributed by atoms with E-state index in [2.05, 4.69) is 15.7 Å². The smallest absolute Gasteiger partial charge is 0.228 e. The number of benzene rings is 1. The molecule has 0 fully saturated rings. The number of amides is 2. The van der Waals surface area contributed by atoms with Crippen molar-refractivity contribution in [1.82, 2.24) is 9.78 Å². The van der Waals surface area contributed by atoms with Crippen molar-refractivity contribution >= 4 is 23.2 Å². The van der Waals surface area contributed by atoms with Gasteiger partial charge in [-0.15, -0.1) is 0 Å². The minimum Gasteiger partial charge on any atom is -0.326 e. The van der Waals surface area contributed by atoms with E-state index in [9.17, 15) is 9.59 Å². The van der Waals surface area contributed by atoms with E-state index >= 15 is 0 Å². The summed E-state index contributed by atoms with van der Waals surface area (Å²) >= 11 is 0. The van der Waals surface area contributed by atoms with Gasteiger partial charge < -0.3 is 10.6 Å². The molecule has 0 aliphatic rings. The fraction of sp³-hybridized carbons (Fsp3) is 0.421. The summed E-state index contributed by atoms with van der Waals surface area (Å²) in [5.74, 6) is 0.225. The van der Waals surface area contributed by atoms with Crippen molar-refractivity contribution < 1.29 is 9.59 Å². The van der Waals surface area contributed by atoms with Gasteiger partial charge in [0.15, 0.2) is 0 Å². The Morgan fingerprint density at radius 3 is 2.00 bits per heavy atom. The van der Waals surface area contributed by atoms with Gasteiger partial charge in [0.05, 0.1) is 12.1 Å². The number of aromatic nitrogens is 2. The third-order valence-electron chi connectivity index (χ3n) is 4.04. The van der Waals surface area contributed by atoms with Crippen molar-refractivity contribution in [1.29, 1.82) is 0 Å². The third-order valence-corrected chi connectivity index (χ3v) is 4.04. The molecular weight excluding hydrogens is 316 g/mol. The van der Waals surface area contributed by atoms with Gasteiger partial charge in [0.25, 0.3) is 0 Å². The van der Waals surface area contributed by atoms with Crippen molar-refractivity contribution in [3.8, 4) is 0 Å². The average Bonchev–Trinajstić information content (AvgIpc) is 2.75.